The van der Waals surface area contributed by atoms with Gasteiger partial charge in [-0.2, -0.15) is 0 Å². The zero-order valence-corrected chi connectivity index (χ0v) is 4.89. The Hall–Kier alpha value is -0.0800. The van der Waals surface area contributed by atoms with Gasteiger partial charge < -0.3 is 10.8 Å². The van der Waals surface area contributed by atoms with Crippen LogP contribution in [0.3, 0.4) is 0 Å². The van der Waals surface area contributed by atoms with Crippen molar-refractivity contribution in [2.24, 2.45) is 11.7 Å². The Balaban J connectivity index is 0. The second kappa shape index (κ2) is 5.06. The fourth-order valence-electron chi connectivity index (χ4n) is 0.272. The maximum Gasteiger partial charge on any atom is 0.0685 e. The summed E-state index contributed by atoms with van der Waals surface area (Å²) < 4.78 is 0. The summed E-state index contributed by atoms with van der Waals surface area (Å²) in [5.41, 5.74) is 5.12. The molecule has 0 amide bonds. The lowest BCUT2D eigenvalue weighted by Crippen LogP contribution is -2.24. The van der Waals surface area contributed by atoms with Gasteiger partial charge in [0.15, 0.2) is 0 Å². The first-order valence-corrected chi connectivity index (χ1v) is 2.56. The summed E-state index contributed by atoms with van der Waals surface area (Å²) in [4.78, 5) is 0. The molecule has 1 unspecified atom stereocenters. The lowest BCUT2D eigenvalue weighted by atomic mass is 10.1. The van der Waals surface area contributed by atoms with E-state index in [1.165, 1.54) is 0 Å². The van der Waals surface area contributed by atoms with Crippen molar-refractivity contribution < 1.29 is 5.11 Å². The highest BCUT2D eigenvalue weighted by atomic mass is 16.3. The van der Waals surface area contributed by atoms with Gasteiger partial charge in [-0.25, -0.2) is 0 Å². The Morgan fingerprint density at radius 2 is 1.88 bits per heavy atom. The van der Waals surface area contributed by atoms with Gasteiger partial charge in [-0.1, -0.05) is 21.3 Å². The summed E-state index contributed by atoms with van der Waals surface area (Å²) in [5, 5.41) is 8.81. The average Bonchev–Trinajstić information content (AvgIpc) is 1.65. The Morgan fingerprint density at radius 1 is 1.50 bits per heavy atom. The molecule has 2 heteroatoms. The second-order valence-corrected chi connectivity index (χ2v) is 2.05. The van der Waals surface area contributed by atoms with Crippen LogP contribution in [0, 0.1) is 5.92 Å². The number of hydrogen-bond donors (Lipinski definition) is 2. The predicted octanol–water partition coefficient (Wildman–Crippen LogP) is 0.598. The molecule has 0 aromatic carbocycles. The number of nitrogens with two attached hydrogens (primary N) is 1. The minimum Gasteiger partial charge on any atom is -0.392 e. The molecule has 0 saturated heterocycles. The van der Waals surface area contributed by atoms with Crippen molar-refractivity contribution in [1.29, 1.82) is 0 Å². The quantitative estimate of drug-likeness (QED) is 0.559. The Kier molecular flexibility index (Phi) is 6.85. The van der Waals surface area contributed by atoms with Gasteiger partial charge in [-0.15, -0.1) is 0 Å². The van der Waals surface area contributed by atoms with Crippen molar-refractivity contribution in [3.05, 3.63) is 0 Å². The molecule has 0 aromatic rings. The van der Waals surface area contributed by atoms with Gasteiger partial charge in [-0.3, -0.25) is 0 Å². The molecule has 2 nitrogen and oxygen atoms in total. The Bertz CT molecular complexity index is 45.8. The van der Waals surface area contributed by atoms with Crippen molar-refractivity contribution in [1.82, 2.24) is 0 Å². The summed E-state index contributed by atoms with van der Waals surface area (Å²) in [5.74, 6) is 0.296. The molecule has 0 rings (SSSR count). The van der Waals surface area contributed by atoms with Crippen LogP contribution in [-0.4, -0.2) is 17.8 Å². The van der Waals surface area contributed by atoms with E-state index in [0.29, 0.717) is 12.5 Å². The van der Waals surface area contributed by atoms with E-state index in [0.717, 1.165) is 0 Å². The van der Waals surface area contributed by atoms with Gasteiger partial charge in [0.05, 0.1) is 6.10 Å². The molecule has 0 aliphatic heterocycles. The molecule has 52 valence electrons. The van der Waals surface area contributed by atoms with E-state index in [4.69, 9.17) is 10.8 Å². The highest BCUT2D eigenvalue weighted by Gasteiger charge is 2.03. The number of aliphatic hydroxyl groups excluding tert-OH is 1. The molecule has 0 aliphatic carbocycles. The monoisotopic (exact) mass is 119 g/mol. The number of aliphatic hydroxyl groups is 1. The lowest BCUT2D eigenvalue weighted by molar-refractivity contribution is 0.133. The number of rotatable bonds is 2. The summed E-state index contributed by atoms with van der Waals surface area (Å²) in [6.07, 6.45) is -0.319. The summed E-state index contributed by atoms with van der Waals surface area (Å²) in [6.45, 7) is 4.26. The van der Waals surface area contributed by atoms with Crippen LogP contribution in [0.5, 0.6) is 0 Å². The first-order valence-electron chi connectivity index (χ1n) is 2.56. The van der Waals surface area contributed by atoms with Crippen molar-refractivity contribution in [3.63, 3.8) is 0 Å². The van der Waals surface area contributed by atoms with Crippen molar-refractivity contribution in [2.45, 2.75) is 27.4 Å². The van der Waals surface area contributed by atoms with Crippen molar-refractivity contribution in [3.8, 4) is 0 Å². The van der Waals surface area contributed by atoms with Gasteiger partial charge in [0, 0.05) is 6.54 Å². The van der Waals surface area contributed by atoms with Gasteiger partial charge in [0.25, 0.3) is 0 Å². The summed E-state index contributed by atoms with van der Waals surface area (Å²) in [6, 6.07) is 0. The van der Waals surface area contributed by atoms with E-state index in [2.05, 4.69) is 0 Å². The smallest absolute Gasteiger partial charge is 0.0685 e. The fourth-order valence-corrected chi connectivity index (χ4v) is 0.272. The van der Waals surface area contributed by atoms with Crippen molar-refractivity contribution >= 4 is 0 Å². The first kappa shape index (κ1) is 10.8. The molecule has 0 saturated carbocycles. The molecule has 0 aliphatic rings. The molecule has 0 spiro atoms. The van der Waals surface area contributed by atoms with E-state index in [9.17, 15) is 0 Å². The largest absolute Gasteiger partial charge is 0.392 e. The highest BCUT2D eigenvalue weighted by molar-refractivity contribution is 4.57. The van der Waals surface area contributed by atoms with Gasteiger partial charge >= 0.3 is 0 Å². The highest BCUT2D eigenvalue weighted by Crippen LogP contribution is 1.96. The van der Waals surface area contributed by atoms with Crippen LogP contribution < -0.4 is 5.73 Å². The van der Waals surface area contributed by atoms with E-state index >= 15 is 0 Å². The molecule has 0 bridgehead atoms. The van der Waals surface area contributed by atoms with Gasteiger partial charge in [0.2, 0.25) is 0 Å². The van der Waals surface area contributed by atoms with Gasteiger partial charge in [-0.05, 0) is 5.92 Å². The summed E-state index contributed by atoms with van der Waals surface area (Å²) >= 11 is 0. The third-order valence-corrected chi connectivity index (χ3v) is 1.01. The van der Waals surface area contributed by atoms with Crippen LogP contribution >= 0.6 is 0 Å². The zero-order chi connectivity index (χ0) is 5.86. The van der Waals surface area contributed by atoms with Crippen LogP contribution in [0.15, 0.2) is 0 Å². The SMILES string of the molecule is C.CC(C)C(O)CN. The molecule has 1 atom stereocenters. The molecular weight excluding hydrogens is 102 g/mol. The van der Waals surface area contributed by atoms with E-state index in [-0.39, 0.29) is 13.5 Å². The van der Waals surface area contributed by atoms with E-state index < -0.39 is 0 Å². The minimum absolute atomic E-state index is 0. The van der Waals surface area contributed by atoms with Crippen LogP contribution in [0.25, 0.3) is 0 Å². The standard InChI is InChI=1S/C5H13NO.CH4/c1-4(2)5(7)3-6;/h4-5,7H,3,6H2,1-2H3;1H4. The molecule has 0 heterocycles. The Morgan fingerprint density at radius 3 is 1.88 bits per heavy atom. The Labute approximate surface area is 51.7 Å². The van der Waals surface area contributed by atoms with E-state index in [1.54, 1.807) is 0 Å². The first-order chi connectivity index (χ1) is 3.18. The molecule has 0 fully saturated rings. The zero-order valence-electron chi connectivity index (χ0n) is 4.89. The number of hydrogen-bond acceptors (Lipinski definition) is 2. The fraction of sp³-hybridized carbons (Fsp3) is 1.00. The molecular formula is C6H17NO. The van der Waals surface area contributed by atoms with E-state index in [1.807, 2.05) is 13.8 Å². The topological polar surface area (TPSA) is 46.2 Å². The molecule has 8 heavy (non-hydrogen) atoms. The summed E-state index contributed by atoms with van der Waals surface area (Å²) in [7, 11) is 0. The van der Waals surface area contributed by atoms with Crippen LogP contribution in [0.4, 0.5) is 0 Å². The second-order valence-electron chi connectivity index (χ2n) is 2.05. The van der Waals surface area contributed by atoms with Crippen LogP contribution in [0.1, 0.15) is 21.3 Å². The maximum absolute atomic E-state index is 8.81. The van der Waals surface area contributed by atoms with Crippen LogP contribution in [-0.2, 0) is 0 Å². The maximum atomic E-state index is 8.81. The third kappa shape index (κ3) is 4.09. The molecule has 0 aromatic heterocycles. The molecule has 3 N–H and O–H groups in total. The lowest BCUT2D eigenvalue weighted by Gasteiger charge is -2.09. The van der Waals surface area contributed by atoms with Gasteiger partial charge in [0.1, 0.15) is 0 Å². The molecule has 0 radical (unpaired) electrons. The minimum atomic E-state index is -0.319. The van der Waals surface area contributed by atoms with Crippen molar-refractivity contribution in [2.75, 3.05) is 6.54 Å². The third-order valence-electron chi connectivity index (χ3n) is 1.01. The normalized spacial score (nSPS) is 13.1. The van der Waals surface area contributed by atoms with Crippen LogP contribution in [0.2, 0.25) is 0 Å². The average molecular weight is 119 g/mol. The predicted molar refractivity (Wildman–Crippen MR) is 36.6 cm³/mol.